The van der Waals surface area contributed by atoms with Gasteiger partial charge in [-0.15, -0.1) is 10.2 Å². The van der Waals surface area contributed by atoms with Gasteiger partial charge in [0.05, 0.1) is 19.7 Å². The van der Waals surface area contributed by atoms with Crippen molar-refractivity contribution in [1.82, 2.24) is 25.4 Å². The lowest BCUT2D eigenvalue weighted by Crippen LogP contribution is -2.39. The van der Waals surface area contributed by atoms with Gasteiger partial charge in [-0.25, -0.2) is 4.99 Å². The summed E-state index contributed by atoms with van der Waals surface area (Å²) in [5.41, 5.74) is 1.92. The first kappa shape index (κ1) is 22.7. The van der Waals surface area contributed by atoms with Crippen LogP contribution in [0.4, 0.5) is 0 Å². The first-order chi connectivity index (χ1) is 13.7. The smallest absolute Gasteiger partial charge is 0.192 e. The van der Waals surface area contributed by atoms with E-state index in [0.717, 1.165) is 28.5 Å². The molecule has 0 bridgehead atoms. The lowest BCUT2D eigenvalue weighted by atomic mass is 10.1. The highest BCUT2D eigenvalue weighted by molar-refractivity contribution is 5.79. The van der Waals surface area contributed by atoms with Gasteiger partial charge in [0.15, 0.2) is 11.8 Å². The molecule has 1 aromatic heterocycles. The van der Waals surface area contributed by atoms with E-state index in [9.17, 15) is 0 Å². The van der Waals surface area contributed by atoms with E-state index >= 15 is 0 Å². The third kappa shape index (κ3) is 7.38. The van der Waals surface area contributed by atoms with Crippen molar-refractivity contribution in [3.8, 4) is 5.75 Å². The highest BCUT2D eigenvalue weighted by Gasteiger charge is 2.15. The van der Waals surface area contributed by atoms with Crippen LogP contribution in [0.3, 0.4) is 0 Å². The van der Waals surface area contributed by atoms with Crippen molar-refractivity contribution < 1.29 is 9.47 Å². The molecule has 0 amide bonds. The van der Waals surface area contributed by atoms with Crippen molar-refractivity contribution in [2.45, 2.75) is 53.3 Å². The summed E-state index contributed by atoms with van der Waals surface area (Å²) >= 11 is 0. The second kappa shape index (κ2) is 10.2. The Morgan fingerprint density at radius 1 is 1.17 bits per heavy atom. The fraction of sp³-hybridized carbons (Fsp3) is 0.571. The lowest BCUT2D eigenvalue weighted by molar-refractivity contribution is 0.129. The zero-order chi connectivity index (χ0) is 21.4. The zero-order valence-corrected chi connectivity index (χ0v) is 18.7. The lowest BCUT2D eigenvalue weighted by Gasteiger charge is -2.23. The van der Waals surface area contributed by atoms with Crippen LogP contribution in [0.15, 0.2) is 23.2 Å². The summed E-state index contributed by atoms with van der Waals surface area (Å²) in [5.74, 6) is 3.26. The fourth-order valence-corrected chi connectivity index (χ4v) is 2.60. The van der Waals surface area contributed by atoms with Crippen molar-refractivity contribution >= 4 is 5.96 Å². The van der Waals surface area contributed by atoms with Crippen molar-refractivity contribution in [2.75, 3.05) is 20.3 Å². The summed E-state index contributed by atoms with van der Waals surface area (Å²) in [4.78, 5) is 4.74. The summed E-state index contributed by atoms with van der Waals surface area (Å²) < 4.78 is 13.2. The molecule has 160 valence electrons. The van der Waals surface area contributed by atoms with E-state index in [1.54, 1.807) is 7.11 Å². The summed E-state index contributed by atoms with van der Waals surface area (Å²) in [6, 6.07) is 6.21. The van der Waals surface area contributed by atoms with Crippen LogP contribution >= 0.6 is 0 Å². The molecule has 2 N–H and O–H groups in total. The number of aryl methyl sites for hydroxylation is 2. The molecule has 29 heavy (non-hydrogen) atoms. The van der Waals surface area contributed by atoms with Gasteiger partial charge in [0.1, 0.15) is 17.2 Å². The van der Waals surface area contributed by atoms with Crippen molar-refractivity contribution in [3.63, 3.8) is 0 Å². The molecule has 0 saturated heterocycles. The predicted molar refractivity (Wildman–Crippen MR) is 115 cm³/mol. The maximum atomic E-state index is 6.14. The van der Waals surface area contributed by atoms with Crippen LogP contribution in [0.5, 0.6) is 5.75 Å². The molecular weight excluding hydrogens is 368 g/mol. The zero-order valence-electron chi connectivity index (χ0n) is 18.7. The molecule has 0 fully saturated rings. The van der Waals surface area contributed by atoms with Crippen LogP contribution < -0.4 is 15.4 Å². The average molecular weight is 403 g/mol. The number of nitrogens with zero attached hydrogens (tertiary/aromatic N) is 4. The highest BCUT2D eigenvalue weighted by Crippen LogP contribution is 2.25. The maximum absolute atomic E-state index is 6.14. The number of methoxy groups -OCH3 is 1. The predicted octanol–water partition coefficient (Wildman–Crippen LogP) is 2.49. The molecule has 2 rings (SSSR count). The Balaban J connectivity index is 2.14. The van der Waals surface area contributed by atoms with Gasteiger partial charge in [-0.3, -0.25) is 0 Å². The molecule has 0 spiro atoms. The van der Waals surface area contributed by atoms with Gasteiger partial charge in [0, 0.05) is 26.3 Å². The summed E-state index contributed by atoms with van der Waals surface area (Å²) in [5, 5.41) is 14.9. The van der Waals surface area contributed by atoms with Gasteiger partial charge in [-0.1, -0.05) is 12.1 Å². The molecule has 1 heterocycles. The van der Waals surface area contributed by atoms with E-state index in [1.165, 1.54) is 0 Å². The SMILES string of the molecule is COCCNC(=NCc1ccc(C)cc1OC(C)(C)C)NCc1nnc(C)n1C. The Morgan fingerprint density at radius 2 is 1.93 bits per heavy atom. The molecule has 2 aromatic rings. The van der Waals surface area contributed by atoms with Gasteiger partial charge in [0.25, 0.3) is 0 Å². The molecule has 0 aliphatic rings. The number of aliphatic imine (C=N–C) groups is 1. The fourth-order valence-electron chi connectivity index (χ4n) is 2.60. The van der Waals surface area contributed by atoms with Crippen LogP contribution in [0, 0.1) is 13.8 Å². The van der Waals surface area contributed by atoms with Gasteiger partial charge >= 0.3 is 0 Å². The van der Waals surface area contributed by atoms with Crippen molar-refractivity contribution in [3.05, 3.63) is 41.0 Å². The summed E-state index contributed by atoms with van der Waals surface area (Å²) in [6.07, 6.45) is 0. The number of nitrogens with one attached hydrogen (secondary N) is 2. The molecule has 0 saturated carbocycles. The molecule has 1 aromatic carbocycles. The minimum Gasteiger partial charge on any atom is -0.488 e. The normalized spacial score (nSPS) is 12.2. The highest BCUT2D eigenvalue weighted by atomic mass is 16.5. The maximum Gasteiger partial charge on any atom is 0.192 e. The Morgan fingerprint density at radius 3 is 2.55 bits per heavy atom. The number of ether oxygens (including phenoxy) is 2. The van der Waals surface area contributed by atoms with E-state index in [2.05, 4.69) is 46.0 Å². The molecule has 0 aliphatic carbocycles. The van der Waals surface area contributed by atoms with Crippen LogP contribution in [0.25, 0.3) is 0 Å². The third-order valence-electron chi connectivity index (χ3n) is 4.24. The van der Waals surface area contributed by atoms with Gasteiger partial charge in [-0.05, 0) is 46.2 Å². The molecule has 0 radical (unpaired) electrons. The Kier molecular flexibility index (Phi) is 8.01. The van der Waals surface area contributed by atoms with Crippen LogP contribution in [0.2, 0.25) is 0 Å². The first-order valence-electron chi connectivity index (χ1n) is 9.84. The number of hydrogen-bond acceptors (Lipinski definition) is 5. The second-order valence-electron chi connectivity index (χ2n) is 7.99. The van der Waals surface area contributed by atoms with Crippen LogP contribution in [-0.2, 0) is 24.9 Å². The topological polar surface area (TPSA) is 85.6 Å². The molecule has 0 aliphatic heterocycles. The summed E-state index contributed by atoms with van der Waals surface area (Å²) in [6.45, 7) is 12.4. The van der Waals surface area contributed by atoms with Gasteiger partial charge in [-0.2, -0.15) is 0 Å². The molecule has 0 unspecified atom stereocenters. The monoisotopic (exact) mass is 402 g/mol. The van der Waals surface area contributed by atoms with Crippen molar-refractivity contribution in [1.29, 1.82) is 0 Å². The molecule has 8 heteroatoms. The number of aromatic nitrogens is 3. The Bertz CT molecular complexity index is 823. The van der Waals surface area contributed by atoms with Gasteiger partial charge < -0.3 is 24.7 Å². The average Bonchev–Trinajstić information content (AvgIpc) is 2.95. The molecule has 0 atom stereocenters. The Hall–Kier alpha value is -2.61. The first-order valence-corrected chi connectivity index (χ1v) is 9.84. The van der Waals surface area contributed by atoms with E-state index in [4.69, 9.17) is 14.5 Å². The van der Waals surface area contributed by atoms with Crippen LogP contribution in [0.1, 0.15) is 43.5 Å². The standard InChI is InChI=1S/C21H34N6O2/c1-15-8-9-17(18(12-15)29-21(3,4)5)13-23-20(22-10-11-28-7)24-14-19-26-25-16(2)27(19)6/h8-9,12H,10-11,13-14H2,1-7H3,(H2,22,23,24). The number of hydrogen-bond donors (Lipinski definition) is 2. The Labute approximate surface area is 173 Å². The van der Waals surface area contributed by atoms with Crippen LogP contribution in [-0.4, -0.2) is 46.6 Å². The number of benzene rings is 1. The minimum atomic E-state index is -0.271. The van der Waals surface area contributed by atoms with E-state index in [-0.39, 0.29) is 5.60 Å². The quantitative estimate of drug-likeness (QED) is 0.401. The number of rotatable bonds is 8. The number of guanidine groups is 1. The molecule has 8 nitrogen and oxygen atoms in total. The third-order valence-corrected chi connectivity index (χ3v) is 4.24. The van der Waals surface area contributed by atoms with Crippen molar-refractivity contribution in [2.24, 2.45) is 12.0 Å². The summed E-state index contributed by atoms with van der Waals surface area (Å²) in [7, 11) is 3.63. The van der Waals surface area contributed by atoms with E-state index in [0.29, 0.717) is 32.2 Å². The minimum absolute atomic E-state index is 0.271. The largest absolute Gasteiger partial charge is 0.488 e. The molecular formula is C21H34N6O2. The van der Waals surface area contributed by atoms with E-state index < -0.39 is 0 Å². The second-order valence-corrected chi connectivity index (χ2v) is 7.99. The van der Waals surface area contributed by atoms with Gasteiger partial charge in [0.2, 0.25) is 0 Å². The van der Waals surface area contributed by atoms with E-state index in [1.807, 2.05) is 39.3 Å².